The Kier molecular flexibility index (Phi) is 7.00. The minimum absolute atomic E-state index is 0.00648. The lowest BCUT2D eigenvalue weighted by Gasteiger charge is -2.35. The fraction of sp³-hybridized carbons (Fsp3) is 0.667. The van der Waals surface area contributed by atoms with Gasteiger partial charge in [-0.1, -0.05) is 0 Å². The number of nitrogens with zero attached hydrogens (tertiary/aromatic N) is 3. The number of aliphatic hydroxyl groups is 1. The first-order valence-corrected chi connectivity index (χ1v) is 12.7. The molecule has 2 amide bonds. The molecule has 2 aliphatic carbocycles. The molecular formula is C24H34N4O5S. The van der Waals surface area contributed by atoms with Gasteiger partial charge in [-0.15, -0.1) is 11.3 Å². The zero-order valence-electron chi connectivity index (χ0n) is 20.2. The minimum Gasteiger partial charge on any atom is -0.474 e. The third kappa shape index (κ3) is 5.27. The normalized spacial score (nSPS) is 23.4. The van der Waals surface area contributed by atoms with Crippen LogP contribution in [0.5, 0.6) is 5.88 Å². The number of ether oxygens (including phenoxy) is 2. The molecule has 0 aliphatic heterocycles. The van der Waals surface area contributed by atoms with Crippen LogP contribution in [0.4, 0.5) is 4.79 Å². The van der Waals surface area contributed by atoms with E-state index in [4.69, 9.17) is 15.2 Å². The van der Waals surface area contributed by atoms with Crippen LogP contribution in [-0.4, -0.2) is 62.9 Å². The van der Waals surface area contributed by atoms with Gasteiger partial charge < -0.3 is 25.2 Å². The highest BCUT2D eigenvalue weighted by atomic mass is 32.1. The maximum Gasteiger partial charge on any atom is 0.410 e. The molecule has 3 N–H and O–H groups in total. The summed E-state index contributed by atoms with van der Waals surface area (Å²) in [6.45, 7) is 5.60. The van der Waals surface area contributed by atoms with Crippen LogP contribution in [0, 0.1) is 0 Å². The highest BCUT2D eigenvalue weighted by molar-refractivity contribution is 7.19. The second-order valence-corrected chi connectivity index (χ2v) is 11.4. The van der Waals surface area contributed by atoms with Gasteiger partial charge in [0.2, 0.25) is 11.8 Å². The van der Waals surface area contributed by atoms with Gasteiger partial charge in [-0.05, 0) is 77.2 Å². The van der Waals surface area contributed by atoms with Crippen LogP contribution in [0.25, 0.3) is 10.2 Å². The molecule has 4 rings (SSSR count). The standard InChI is InChI=1S/C24H34N4O5S/c1-24(2,3)33-23(31)28(4)14-6-8-15(9-7-14)32-21-19-18-13(11-16(29)20(25)30)5-10-17(18)34-22(19)27-12-26-21/h12-16,29H,5-11H2,1-4H3,(H2,25,30)/t13-,14-,15-,16?/m1/s1. The van der Waals surface area contributed by atoms with Gasteiger partial charge >= 0.3 is 6.09 Å². The number of hydrogen-bond donors (Lipinski definition) is 2. The number of nitrogens with two attached hydrogens (primary N) is 1. The van der Waals surface area contributed by atoms with Crippen molar-refractivity contribution in [2.45, 2.75) is 95.5 Å². The second kappa shape index (κ2) is 9.65. The van der Waals surface area contributed by atoms with Crippen LogP contribution in [0.15, 0.2) is 6.33 Å². The topological polar surface area (TPSA) is 128 Å². The van der Waals surface area contributed by atoms with E-state index in [1.165, 1.54) is 11.2 Å². The number of aliphatic hydroxyl groups excluding tert-OH is 1. The first kappa shape index (κ1) is 24.7. The number of primary amides is 1. The van der Waals surface area contributed by atoms with Crippen molar-refractivity contribution in [3.05, 3.63) is 16.8 Å². The molecule has 0 saturated heterocycles. The first-order valence-electron chi connectivity index (χ1n) is 11.9. The Morgan fingerprint density at radius 1 is 1.24 bits per heavy atom. The van der Waals surface area contributed by atoms with E-state index in [0.717, 1.165) is 54.3 Å². The fourth-order valence-electron chi connectivity index (χ4n) is 4.94. The van der Waals surface area contributed by atoms with Crippen LogP contribution in [0.1, 0.15) is 75.7 Å². The van der Waals surface area contributed by atoms with Gasteiger partial charge in [0.25, 0.3) is 0 Å². The van der Waals surface area contributed by atoms with Crippen LogP contribution in [-0.2, 0) is 16.0 Å². The van der Waals surface area contributed by atoms with Crippen LogP contribution in [0.3, 0.4) is 0 Å². The number of hydrogen-bond acceptors (Lipinski definition) is 8. The Bertz CT molecular complexity index is 1060. The molecular weight excluding hydrogens is 456 g/mol. The molecule has 34 heavy (non-hydrogen) atoms. The van der Waals surface area contributed by atoms with Crippen LogP contribution >= 0.6 is 11.3 Å². The molecule has 0 radical (unpaired) electrons. The van der Waals surface area contributed by atoms with E-state index in [1.54, 1.807) is 23.3 Å². The van der Waals surface area contributed by atoms with E-state index in [2.05, 4.69) is 9.97 Å². The molecule has 0 spiro atoms. The molecule has 186 valence electrons. The molecule has 2 atom stereocenters. The summed E-state index contributed by atoms with van der Waals surface area (Å²) in [5, 5.41) is 11.0. The summed E-state index contributed by atoms with van der Waals surface area (Å²) in [5.74, 6) is -0.112. The Morgan fingerprint density at radius 2 is 1.94 bits per heavy atom. The van der Waals surface area contributed by atoms with E-state index in [9.17, 15) is 14.7 Å². The number of amides is 2. The highest BCUT2D eigenvalue weighted by Gasteiger charge is 2.34. The molecule has 2 aliphatic rings. The van der Waals surface area contributed by atoms with Crippen LogP contribution in [0.2, 0.25) is 0 Å². The van der Waals surface area contributed by atoms with Gasteiger partial charge in [0.1, 0.15) is 29.0 Å². The Labute approximate surface area is 203 Å². The van der Waals surface area contributed by atoms with Crippen molar-refractivity contribution >= 4 is 33.6 Å². The van der Waals surface area contributed by atoms with Gasteiger partial charge in [0, 0.05) is 18.0 Å². The molecule has 0 bridgehead atoms. The molecule has 2 aromatic heterocycles. The van der Waals surface area contributed by atoms with Crippen molar-refractivity contribution in [3.63, 3.8) is 0 Å². The minimum atomic E-state index is -1.17. The Morgan fingerprint density at radius 3 is 2.59 bits per heavy atom. The number of carbonyl (C=O) groups is 2. The summed E-state index contributed by atoms with van der Waals surface area (Å²) in [5.41, 5.74) is 5.86. The lowest BCUT2D eigenvalue weighted by atomic mass is 9.92. The number of thiophene rings is 1. The summed E-state index contributed by atoms with van der Waals surface area (Å²) < 4.78 is 11.9. The maximum atomic E-state index is 12.4. The molecule has 1 unspecified atom stereocenters. The number of rotatable bonds is 6. The van der Waals surface area contributed by atoms with Crippen molar-refractivity contribution < 1.29 is 24.2 Å². The van der Waals surface area contributed by atoms with Crippen molar-refractivity contribution in [2.24, 2.45) is 5.73 Å². The van der Waals surface area contributed by atoms with Crippen LogP contribution < -0.4 is 10.5 Å². The number of aryl methyl sites for hydroxylation is 1. The largest absolute Gasteiger partial charge is 0.474 e. The Hall–Kier alpha value is -2.46. The highest BCUT2D eigenvalue weighted by Crippen LogP contribution is 2.47. The van der Waals surface area contributed by atoms with Crippen molar-refractivity contribution in [2.75, 3.05) is 7.05 Å². The van der Waals surface area contributed by atoms with Crippen molar-refractivity contribution in [1.82, 2.24) is 14.9 Å². The number of carbonyl (C=O) groups excluding carboxylic acids is 2. The fourth-order valence-corrected chi connectivity index (χ4v) is 6.17. The van der Waals surface area contributed by atoms with E-state index < -0.39 is 17.6 Å². The van der Waals surface area contributed by atoms with E-state index >= 15 is 0 Å². The third-order valence-electron chi connectivity index (χ3n) is 6.68. The second-order valence-electron chi connectivity index (χ2n) is 10.3. The zero-order chi connectivity index (χ0) is 24.6. The molecule has 1 fully saturated rings. The monoisotopic (exact) mass is 490 g/mol. The van der Waals surface area contributed by atoms with E-state index in [0.29, 0.717) is 12.3 Å². The summed E-state index contributed by atoms with van der Waals surface area (Å²) in [6, 6.07) is 0.116. The predicted octanol–water partition coefficient (Wildman–Crippen LogP) is 3.51. The first-order chi connectivity index (χ1) is 16.0. The van der Waals surface area contributed by atoms with Gasteiger partial charge in [0.05, 0.1) is 5.39 Å². The molecule has 2 aromatic rings. The van der Waals surface area contributed by atoms with Gasteiger partial charge in [-0.25, -0.2) is 14.8 Å². The molecule has 2 heterocycles. The van der Waals surface area contributed by atoms with Crippen molar-refractivity contribution in [3.8, 4) is 5.88 Å². The van der Waals surface area contributed by atoms with Crippen molar-refractivity contribution in [1.29, 1.82) is 0 Å². The maximum absolute atomic E-state index is 12.4. The quantitative estimate of drug-likeness (QED) is 0.634. The third-order valence-corrected chi connectivity index (χ3v) is 7.86. The SMILES string of the molecule is CN(C(=O)OC(C)(C)C)[C@H]1CC[C@H](Oc2ncnc3sc4c(c23)[C@@H](CC(O)C(N)=O)CC4)CC1. The average Bonchev–Trinajstić information content (AvgIpc) is 3.32. The summed E-state index contributed by atoms with van der Waals surface area (Å²) in [6.07, 6.45) is 5.35. The lowest BCUT2D eigenvalue weighted by molar-refractivity contribution is -0.126. The van der Waals surface area contributed by atoms with E-state index in [1.807, 2.05) is 20.8 Å². The average molecular weight is 491 g/mol. The lowest BCUT2D eigenvalue weighted by Crippen LogP contribution is -2.43. The number of aromatic nitrogens is 2. The summed E-state index contributed by atoms with van der Waals surface area (Å²) >= 11 is 1.63. The van der Waals surface area contributed by atoms with Gasteiger partial charge in [0.15, 0.2) is 0 Å². The molecule has 10 heteroatoms. The van der Waals surface area contributed by atoms with Gasteiger partial charge in [-0.2, -0.15) is 0 Å². The molecule has 9 nitrogen and oxygen atoms in total. The number of fused-ring (bicyclic) bond motifs is 3. The predicted molar refractivity (Wildman–Crippen MR) is 129 cm³/mol. The molecule has 0 aromatic carbocycles. The summed E-state index contributed by atoms with van der Waals surface area (Å²) in [7, 11) is 1.79. The zero-order valence-corrected chi connectivity index (χ0v) is 21.1. The smallest absolute Gasteiger partial charge is 0.410 e. The molecule has 1 saturated carbocycles. The van der Waals surface area contributed by atoms with Gasteiger partial charge in [-0.3, -0.25) is 4.79 Å². The van der Waals surface area contributed by atoms with E-state index in [-0.39, 0.29) is 24.2 Å². The Balaban J connectivity index is 1.45. The summed E-state index contributed by atoms with van der Waals surface area (Å²) in [4.78, 5) is 36.5.